The highest BCUT2D eigenvalue weighted by atomic mass is 79.9. The molecule has 0 saturated carbocycles. The van der Waals surface area contributed by atoms with Crippen LogP contribution in [0.4, 0.5) is 0 Å². The third-order valence-electron chi connectivity index (χ3n) is 1.41. The van der Waals surface area contributed by atoms with Crippen molar-refractivity contribution >= 4 is 21.9 Å². The summed E-state index contributed by atoms with van der Waals surface area (Å²) >= 11 is 3.03. The van der Waals surface area contributed by atoms with E-state index in [4.69, 9.17) is 14.6 Å². The van der Waals surface area contributed by atoms with Crippen LogP contribution in [0, 0.1) is 6.92 Å². The second-order valence-corrected chi connectivity index (χ2v) is 3.12. The summed E-state index contributed by atoms with van der Waals surface area (Å²) in [5, 5.41) is 17.5. The number of carbonyl (C=O) groups is 1. The highest BCUT2D eigenvalue weighted by molar-refractivity contribution is 9.10. The summed E-state index contributed by atoms with van der Waals surface area (Å²) in [6, 6.07) is 1.60. The van der Waals surface area contributed by atoms with Crippen molar-refractivity contribution < 1.29 is 19.4 Å². The molecule has 66 valence electrons. The van der Waals surface area contributed by atoms with E-state index in [1.54, 1.807) is 13.0 Å². The summed E-state index contributed by atoms with van der Waals surface area (Å²) in [5.74, 6) is -1.26. The SMILES string of the molecule is Cc1cc(Br)oc1C(O)C(=O)O. The molecule has 0 aliphatic carbocycles. The molecule has 1 aromatic heterocycles. The van der Waals surface area contributed by atoms with Gasteiger partial charge in [0.15, 0.2) is 4.67 Å². The van der Waals surface area contributed by atoms with Gasteiger partial charge in [0.2, 0.25) is 6.10 Å². The molecule has 5 heteroatoms. The average molecular weight is 235 g/mol. The van der Waals surface area contributed by atoms with E-state index in [0.717, 1.165) is 0 Å². The van der Waals surface area contributed by atoms with Crippen molar-refractivity contribution in [3.8, 4) is 0 Å². The van der Waals surface area contributed by atoms with Gasteiger partial charge in [-0.15, -0.1) is 0 Å². The smallest absolute Gasteiger partial charge is 0.340 e. The number of aliphatic carboxylic acids is 1. The molecule has 0 amide bonds. The van der Waals surface area contributed by atoms with Crippen molar-refractivity contribution in [3.05, 3.63) is 22.1 Å². The van der Waals surface area contributed by atoms with Gasteiger partial charge in [0.05, 0.1) is 0 Å². The topological polar surface area (TPSA) is 70.7 Å². The van der Waals surface area contributed by atoms with Crippen molar-refractivity contribution in [2.24, 2.45) is 0 Å². The van der Waals surface area contributed by atoms with Crippen LogP contribution in [0.5, 0.6) is 0 Å². The Hall–Kier alpha value is -0.810. The van der Waals surface area contributed by atoms with Crippen molar-refractivity contribution in [2.45, 2.75) is 13.0 Å². The van der Waals surface area contributed by atoms with E-state index < -0.39 is 12.1 Å². The number of aryl methyl sites for hydroxylation is 1. The zero-order valence-corrected chi connectivity index (χ0v) is 7.83. The van der Waals surface area contributed by atoms with E-state index in [-0.39, 0.29) is 5.76 Å². The van der Waals surface area contributed by atoms with E-state index >= 15 is 0 Å². The minimum absolute atomic E-state index is 0.0642. The number of carboxylic acids is 1. The quantitative estimate of drug-likeness (QED) is 0.814. The summed E-state index contributed by atoms with van der Waals surface area (Å²) in [6.45, 7) is 1.66. The van der Waals surface area contributed by atoms with Crippen LogP contribution in [-0.4, -0.2) is 16.2 Å². The van der Waals surface area contributed by atoms with Crippen molar-refractivity contribution in [3.63, 3.8) is 0 Å². The lowest BCUT2D eigenvalue weighted by Gasteiger charge is -2.01. The molecule has 1 rings (SSSR count). The number of hydrogen-bond acceptors (Lipinski definition) is 3. The lowest BCUT2D eigenvalue weighted by Crippen LogP contribution is -2.10. The van der Waals surface area contributed by atoms with Crippen LogP contribution in [-0.2, 0) is 4.79 Å². The zero-order chi connectivity index (χ0) is 9.30. The molecule has 1 atom stereocenters. The van der Waals surface area contributed by atoms with Crippen LogP contribution in [0.1, 0.15) is 17.4 Å². The maximum atomic E-state index is 10.3. The monoisotopic (exact) mass is 234 g/mol. The van der Waals surface area contributed by atoms with Gasteiger partial charge in [-0.05, 0) is 34.5 Å². The average Bonchev–Trinajstić information content (AvgIpc) is 2.28. The summed E-state index contributed by atoms with van der Waals surface area (Å²) in [7, 11) is 0. The predicted molar refractivity (Wildman–Crippen MR) is 43.7 cm³/mol. The molecule has 0 spiro atoms. The molecule has 0 radical (unpaired) electrons. The van der Waals surface area contributed by atoms with Gasteiger partial charge in [0, 0.05) is 0 Å². The Morgan fingerprint density at radius 3 is 2.67 bits per heavy atom. The number of furan rings is 1. The molecule has 0 bridgehead atoms. The van der Waals surface area contributed by atoms with Gasteiger partial charge in [-0.2, -0.15) is 0 Å². The van der Waals surface area contributed by atoms with Gasteiger partial charge in [-0.25, -0.2) is 4.79 Å². The maximum Gasteiger partial charge on any atom is 0.340 e. The third-order valence-corrected chi connectivity index (χ3v) is 1.80. The van der Waals surface area contributed by atoms with E-state index in [9.17, 15) is 4.79 Å². The Morgan fingerprint density at radius 2 is 2.33 bits per heavy atom. The summed E-state index contributed by atoms with van der Waals surface area (Å²) in [6.07, 6.45) is -1.59. The molecule has 1 aromatic rings. The molecule has 0 aliphatic heterocycles. The Labute approximate surface area is 76.9 Å². The normalized spacial score (nSPS) is 12.9. The van der Waals surface area contributed by atoms with Crippen molar-refractivity contribution in [1.82, 2.24) is 0 Å². The predicted octanol–water partition coefficient (Wildman–Crippen LogP) is 1.47. The first-order chi connectivity index (χ1) is 5.52. The highest BCUT2D eigenvalue weighted by Gasteiger charge is 2.22. The van der Waals surface area contributed by atoms with Crippen LogP contribution >= 0.6 is 15.9 Å². The largest absolute Gasteiger partial charge is 0.479 e. The van der Waals surface area contributed by atoms with Gasteiger partial charge >= 0.3 is 5.97 Å². The van der Waals surface area contributed by atoms with Crippen molar-refractivity contribution in [2.75, 3.05) is 0 Å². The molecule has 4 nitrogen and oxygen atoms in total. The molecular weight excluding hydrogens is 228 g/mol. The Morgan fingerprint density at radius 1 is 1.75 bits per heavy atom. The van der Waals surface area contributed by atoms with E-state index in [1.165, 1.54) is 0 Å². The molecule has 2 N–H and O–H groups in total. The minimum Gasteiger partial charge on any atom is -0.479 e. The van der Waals surface area contributed by atoms with Gasteiger partial charge < -0.3 is 14.6 Å². The van der Waals surface area contributed by atoms with Crippen molar-refractivity contribution in [1.29, 1.82) is 0 Å². The van der Waals surface area contributed by atoms with Gasteiger partial charge in [0.1, 0.15) is 5.76 Å². The van der Waals surface area contributed by atoms with Crippen LogP contribution in [0.15, 0.2) is 15.2 Å². The fourth-order valence-electron chi connectivity index (χ4n) is 0.840. The molecule has 12 heavy (non-hydrogen) atoms. The Balaban J connectivity index is 3.02. The standard InChI is InChI=1S/C7H7BrO4/c1-3-2-4(8)12-6(3)5(9)7(10)11/h2,5,9H,1H3,(H,10,11). The fourth-order valence-corrected chi connectivity index (χ4v) is 1.36. The first kappa shape index (κ1) is 9.28. The van der Waals surface area contributed by atoms with Gasteiger partial charge in [0.25, 0.3) is 0 Å². The summed E-state index contributed by atoms with van der Waals surface area (Å²) < 4.78 is 5.34. The summed E-state index contributed by atoms with van der Waals surface area (Å²) in [5.41, 5.74) is 0.608. The molecule has 0 saturated heterocycles. The van der Waals surface area contributed by atoms with Crippen LogP contribution in [0.3, 0.4) is 0 Å². The molecule has 0 fully saturated rings. The van der Waals surface area contributed by atoms with Gasteiger partial charge in [-0.3, -0.25) is 0 Å². The second kappa shape index (κ2) is 3.28. The molecule has 1 unspecified atom stereocenters. The van der Waals surface area contributed by atoms with Gasteiger partial charge in [-0.1, -0.05) is 0 Å². The lowest BCUT2D eigenvalue weighted by atomic mass is 10.2. The Kier molecular flexibility index (Phi) is 2.54. The van der Waals surface area contributed by atoms with Crippen LogP contribution < -0.4 is 0 Å². The maximum absolute atomic E-state index is 10.3. The number of hydrogen-bond donors (Lipinski definition) is 2. The Bertz CT molecular complexity index is 304. The number of rotatable bonds is 2. The first-order valence-corrected chi connectivity index (χ1v) is 3.98. The molecule has 0 aromatic carbocycles. The van der Waals surface area contributed by atoms with E-state index in [2.05, 4.69) is 15.9 Å². The fraction of sp³-hybridized carbons (Fsp3) is 0.286. The molecular formula is C7H7BrO4. The number of halogens is 1. The highest BCUT2D eigenvalue weighted by Crippen LogP contribution is 2.25. The van der Waals surface area contributed by atoms with E-state index in [0.29, 0.717) is 10.2 Å². The van der Waals surface area contributed by atoms with E-state index in [1.807, 2.05) is 0 Å². The number of aliphatic hydroxyl groups excluding tert-OH is 1. The first-order valence-electron chi connectivity index (χ1n) is 3.19. The molecule has 1 heterocycles. The second-order valence-electron chi connectivity index (χ2n) is 2.34. The third kappa shape index (κ3) is 1.67. The lowest BCUT2D eigenvalue weighted by molar-refractivity contribution is -0.147. The number of aliphatic hydroxyl groups is 1. The van der Waals surface area contributed by atoms with Crippen LogP contribution in [0.2, 0.25) is 0 Å². The minimum atomic E-state index is -1.59. The summed E-state index contributed by atoms with van der Waals surface area (Å²) in [4.78, 5) is 10.3. The number of carboxylic acid groups (broad SMARTS) is 1. The molecule has 0 aliphatic rings. The van der Waals surface area contributed by atoms with Crippen LogP contribution in [0.25, 0.3) is 0 Å². The zero-order valence-electron chi connectivity index (χ0n) is 6.24.